The van der Waals surface area contributed by atoms with Gasteiger partial charge in [-0.1, -0.05) is 24.3 Å². The number of halogens is 6. The maximum absolute atomic E-state index is 14.5. The number of benzene rings is 3. The molecule has 4 aromatic rings. The van der Waals surface area contributed by atoms with Gasteiger partial charge >= 0.3 is 6.18 Å². The lowest BCUT2D eigenvalue weighted by Gasteiger charge is -2.41. The Kier molecular flexibility index (Phi) is 7.07. The zero-order valence-electron chi connectivity index (χ0n) is 21.2. The number of nitrogens with one attached hydrogen (secondary N) is 1. The molecule has 0 saturated carbocycles. The van der Waals surface area contributed by atoms with E-state index in [1.165, 1.54) is 29.6 Å². The van der Waals surface area contributed by atoms with Gasteiger partial charge in [0, 0.05) is 11.6 Å². The fourth-order valence-corrected chi connectivity index (χ4v) is 5.10. The van der Waals surface area contributed by atoms with E-state index in [4.69, 9.17) is 4.74 Å². The second-order valence-corrected chi connectivity index (χ2v) is 9.80. The van der Waals surface area contributed by atoms with Gasteiger partial charge in [0.25, 0.3) is 0 Å². The first kappa shape index (κ1) is 27.3. The maximum Gasteiger partial charge on any atom is 0.422 e. The molecule has 1 unspecified atom stereocenters. The van der Waals surface area contributed by atoms with E-state index in [1.54, 1.807) is 37.3 Å². The van der Waals surface area contributed by atoms with Crippen LogP contribution < -0.4 is 9.64 Å². The lowest BCUT2D eigenvalue weighted by molar-refractivity contribution is -0.153. The third-order valence-electron chi connectivity index (χ3n) is 7.02. The van der Waals surface area contributed by atoms with Crippen molar-refractivity contribution in [3.63, 3.8) is 0 Å². The summed E-state index contributed by atoms with van der Waals surface area (Å²) in [6.07, 6.45) is -1.83. The number of imidazole rings is 1. The molecule has 1 atom stereocenters. The average molecular weight is 560 g/mol. The van der Waals surface area contributed by atoms with Gasteiger partial charge in [0.05, 0.1) is 24.5 Å². The van der Waals surface area contributed by atoms with Gasteiger partial charge in [-0.05, 0) is 65.4 Å². The SMILES string of the molecule is CC1(Cc2cc(F)cc(F)c2CF)C(=O)N(c2cnc[nH]2)Cc2ccc(-c3cccc(OCC(F)(F)F)c3)cc21. The quantitative estimate of drug-likeness (QED) is 0.253. The van der Waals surface area contributed by atoms with Crippen molar-refractivity contribution in [1.29, 1.82) is 0 Å². The van der Waals surface area contributed by atoms with Crippen molar-refractivity contribution >= 4 is 11.7 Å². The highest BCUT2D eigenvalue weighted by molar-refractivity contribution is 6.02. The minimum Gasteiger partial charge on any atom is -0.484 e. The maximum atomic E-state index is 14.5. The Morgan fingerprint density at radius 3 is 2.55 bits per heavy atom. The summed E-state index contributed by atoms with van der Waals surface area (Å²) in [5.41, 5.74) is 0.673. The highest BCUT2D eigenvalue weighted by Gasteiger charge is 2.45. The topological polar surface area (TPSA) is 58.2 Å². The van der Waals surface area contributed by atoms with Crippen molar-refractivity contribution in [3.05, 3.63) is 101 Å². The fraction of sp³-hybridized carbons (Fsp3) is 0.241. The Hall–Kier alpha value is -4.28. The van der Waals surface area contributed by atoms with E-state index in [0.717, 1.165) is 11.6 Å². The number of alkyl halides is 4. The van der Waals surface area contributed by atoms with Crippen LogP contribution in [-0.2, 0) is 29.8 Å². The molecule has 5 rings (SSSR count). The molecule has 5 nitrogen and oxygen atoms in total. The number of rotatable bonds is 7. The first-order valence-corrected chi connectivity index (χ1v) is 12.2. The molecule has 0 bridgehead atoms. The zero-order valence-corrected chi connectivity index (χ0v) is 21.2. The van der Waals surface area contributed by atoms with Crippen LogP contribution in [0.4, 0.5) is 32.2 Å². The third-order valence-corrected chi connectivity index (χ3v) is 7.02. The number of aromatic nitrogens is 2. The molecule has 0 radical (unpaired) electrons. The Morgan fingerprint density at radius 1 is 1.07 bits per heavy atom. The minimum atomic E-state index is -4.50. The van der Waals surface area contributed by atoms with Gasteiger partial charge in [0.2, 0.25) is 5.91 Å². The number of carbonyl (C=O) groups excluding carboxylic acids is 1. The van der Waals surface area contributed by atoms with E-state index in [9.17, 15) is 31.1 Å². The monoisotopic (exact) mass is 559 g/mol. The van der Waals surface area contributed by atoms with Crippen molar-refractivity contribution in [2.75, 3.05) is 11.5 Å². The van der Waals surface area contributed by atoms with Gasteiger partial charge in [0.1, 0.15) is 29.9 Å². The lowest BCUT2D eigenvalue weighted by atomic mass is 9.70. The molecule has 208 valence electrons. The molecule has 1 aromatic heterocycles. The summed E-state index contributed by atoms with van der Waals surface area (Å²) in [6, 6.07) is 13.0. The molecule has 3 aromatic carbocycles. The summed E-state index contributed by atoms with van der Waals surface area (Å²) < 4.78 is 85.4. The summed E-state index contributed by atoms with van der Waals surface area (Å²) in [4.78, 5) is 22.4. The van der Waals surface area contributed by atoms with Gasteiger partial charge < -0.3 is 9.72 Å². The van der Waals surface area contributed by atoms with Crippen LogP contribution in [0.3, 0.4) is 0 Å². The molecule has 0 spiro atoms. The molecule has 1 N–H and O–H groups in total. The molecule has 11 heteroatoms. The van der Waals surface area contributed by atoms with Crippen LogP contribution in [0.5, 0.6) is 5.75 Å². The van der Waals surface area contributed by atoms with Crippen molar-refractivity contribution in [1.82, 2.24) is 9.97 Å². The van der Waals surface area contributed by atoms with Crippen LogP contribution in [0, 0.1) is 11.6 Å². The highest BCUT2D eigenvalue weighted by Crippen LogP contribution is 2.42. The van der Waals surface area contributed by atoms with Gasteiger partial charge in [-0.3, -0.25) is 9.69 Å². The van der Waals surface area contributed by atoms with E-state index >= 15 is 0 Å². The van der Waals surface area contributed by atoms with Gasteiger partial charge in [-0.15, -0.1) is 0 Å². The van der Waals surface area contributed by atoms with Crippen LogP contribution in [0.1, 0.15) is 29.2 Å². The normalized spacial score (nSPS) is 17.2. The Balaban J connectivity index is 1.61. The highest BCUT2D eigenvalue weighted by atomic mass is 19.4. The molecule has 1 aliphatic heterocycles. The molecule has 40 heavy (non-hydrogen) atoms. The van der Waals surface area contributed by atoms with Crippen molar-refractivity contribution in [2.45, 2.75) is 38.2 Å². The molecule has 1 amide bonds. The Morgan fingerprint density at radius 2 is 1.85 bits per heavy atom. The number of fused-ring (bicyclic) bond motifs is 1. The molecular weight excluding hydrogens is 536 g/mol. The number of nitrogens with zero attached hydrogens (tertiary/aromatic N) is 2. The minimum absolute atomic E-state index is 0.0135. The summed E-state index contributed by atoms with van der Waals surface area (Å²) in [7, 11) is 0. The van der Waals surface area contributed by atoms with E-state index < -0.39 is 42.4 Å². The summed E-state index contributed by atoms with van der Waals surface area (Å²) >= 11 is 0. The number of H-pyrrole nitrogens is 1. The van der Waals surface area contributed by atoms with Crippen LogP contribution in [-0.4, -0.2) is 28.7 Å². The molecule has 1 aliphatic rings. The standard InChI is InChI=1S/C29H23F6N3O2/c1-28(11-20-7-21(31)10-25(32)23(20)12-30)24-9-18(17-3-2-4-22(8-17)40-15-29(33,34)35)5-6-19(24)14-38(27(28)39)26-13-36-16-37-26/h2-10,13,16H,11-12,14-15H2,1H3,(H,36,37). The number of ether oxygens (including phenoxy) is 1. The van der Waals surface area contributed by atoms with Gasteiger partial charge in [-0.25, -0.2) is 18.2 Å². The van der Waals surface area contributed by atoms with Crippen molar-refractivity contribution < 1.29 is 35.9 Å². The Labute approximate surface area is 225 Å². The first-order chi connectivity index (χ1) is 19.0. The Bertz CT molecular complexity index is 1550. The second-order valence-electron chi connectivity index (χ2n) is 9.80. The molecule has 2 heterocycles. The predicted molar refractivity (Wildman–Crippen MR) is 135 cm³/mol. The van der Waals surface area contributed by atoms with Gasteiger partial charge in [0.15, 0.2) is 6.61 Å². The predicted octanol–water partition coefficient (Wildman–Crippen LogP) is 6.81. The zero-order chi connectivity index (χ0) is 28.7. The molecule has 0 fully saturated rings. The number of aromatic amines is 1. The fourth-order valence-electron chi connectivity index (χ4n) is 5.10. The largest absolute Gasteiger partial charge is 0.484 e. The third kappa shape index (κ3) is 5.28. The summed E-state index contributed by atoms with van der Waals surface area (Å²) in [5, 5.41) is 0. The molecule has 0 aliphatic carbocycles. The number of hydrogen-bond donors (Lipinski definition) is 1. The molecular formula is C29H23F6N3O2. The lowest BCUT2D eigenvalue weighted by Crippen LogP contribution is -2.51. The van der Waals surface area contributed by atoms with Gasteiger partial charge in [-0.2, -0.15) is 13.2 Å². The van der Waals surface area contributed by atoms with E-state index in [1.807, 2.05) is 0 Å². The van der Waals surface area contributed by atoms with E-state index in [2.05, 4.69) is 9.97 Å². The average Bonchev–Trinajstić information content (AvgIpc) is 3.44. The summed E-state index contributed by atoms with van der Waals surface area (Å²) in [6.45, 7) is -0.853. The number of amides is 1. The molecule has 0 saturated heterocycles. The van der Waals surface area contributed by atoms with Crippen LogP contribution in [0.15, 0.2) is 67.1 Å². The van der Waals surface area contributed by atoms with Crippen molar-refractivity contribution in [2.24, 2.45) is 0 Å². The van der Waals surface area contributed by atoms with E-state index in [-0.39, 0.29) is 29.8 Å². The summed E-state index contributed by atoms with van der Waals surface area (Å²) in [5.74, 6) is -1.92. The first-order valence-electron chi connectivity index (χ1n) is 12.2. The number of anilines is 1. The van der Waals surface area contributed by atoms with Crippen molar-refractivity contribution in [3.8, 4) is 16.9 Å². The van der Waals surface area contributed by atoms with Crippen LogP contribution >= 0.6 is 0 Å². The second kappa shape index (κ2) is 10.4. The number of carbonyl (C=O) groups is 1. The number of hydrogen-bond acceptors (Lipinski definition) is 3. The smallest absolute Gasteiger partial charge is 0.422 e. The van der Waals surface area contributed by atoms with Crippen LogP contribution in [0.25, 0.3) is 11.1 Å². The van der Waals surface area contributed by atoms with E-state index in [0.29, 0.717) is 28.6 Å². The van der Waals surface area contributed by atoms with Crippen LogP contribution in [0.2, 0.25) is 0 Å².